The number of aromatic amines is 1. The first-order chi connectivity index (χ1) is 10.8. The highest BCUT2D eigenvalue weighted by Gasteiger charge is 2.40. The van der Waals surface area contributed by atoms with E-state index >= 15 is 0 Å². The van der Waals surface area contributed by atoms with Gasteiger partial charge in [0.1, 0.15) is 5.60 Å². The fraction of sp³-hybridized carbons (Fsp3) is 0.211. The summed E-state index contributed by atoms with van der Waals surface area (Å²) < 4.78 is 0. The van der Waals surface area contributed by atoms with E-state index in [0.717, 1.165) is 47.3 Å². The number of fused-ring (bicyclic) bond motifs is 1. The largest absolute Gasteiger partial charge is 0.380 e. The Hall–Kier alpha value is -2.39. The van der Waals surface area contributed by atoms with Gasteiger partial charge in [-0.1, -0.05) is 60.7 Å². The summed E-state index contributed by atoms with van der Waals surface area (Å²) in [5.41, 5.74) is 3.87. The predicted octanol–water partition coefficient (Wildman–Crippen LogP) is 3.65. The van der Waals surface area contributed by atoms with E-state index in [2.05, 4.69) is 10.2 Å². The molecule has 0 saturated heterocycles. The molecule has 3 aromatic rings. The van der Waals surface area contributed by atoms with Gasteiger partial charge in [0.25, 0.3) is 0 Å². The summed E-state index contributed by atoms with van der Waals surface area (Å²) in [6.45, 7) is 0. The van der Waals surface area contributed by atoms with Gasteiger partial charge >= 0.3 is 0 Å². The Bertz CT molecular complexity index is 780. The highest BCUT2D eigenvalue weighted by atomic mass is 16.3. The predicted molar refractivity (Wildman–Crippen MR) is 86.4 cm³/mol. The monoisotopic (exact) mass is 290 g/mol. The van der Waals surface area contributed by atoms with Crippen molar-refractivity contribution in [3.63, 3.8) is 0 Å². The molecule has 110 valence electrons. The molecule has 1 atom stereocenters. The van der Waals surface area contributed by atoms with Crippen molar-refractivity contribution in [2.24, 2.45) is 0 Å². The van der Waals surface area contributed by atoms with E-state index in [0.29, 0.717) is 0 Å². The molecular weight excluding hydrogens is 272 g/mol. The molecule has 1 aliphatic carbocycles. The average Bonchev–Trinajstić information content (AvgIpc) is 3.02. The quantitative estimate of drug-likeness (QED) is 0.757. The zero-order valence-corrected chi connectivity index (χ0v) is 12.3. The highest BCUT2D eigenvalue weighted by molar-refractivity contribution is 5.67. The summed E-state index contributed by atoms with van der Waals surface area (Å²) >= 11 is 0. The molecule has 1 heterocycles. The van der Waals surface area contributed by atoms with Crippen LogP contribution < -0.4 is 0 Å². The van der Waals surface area contributed by atoms with Crippen molar-refractivity contribution < 1.29 is 5.11 Å². The number of aromatic nitrogens is 2. The molecule has 4 rings (SSSR count). The summed E-state index contributed by atoms with van der Waals surface area (Å²) in [5, 5.41) is 19.1. The van der Waals surface area contributed by atoms with E-state index in [4.69, 9.17) is 0 Å². The maximum atomic E-state index is 11.5. The second-order valence-electron chi connectivity index (χ2n) is 5.87. The first kappa shape index (κ1) is 13.3. The average molecular weight is 290 g/mol. The topological polar surface area (TPSA) is 48.9 Å². The second-order valence-corrected chi connectivity index (χ2v) is 5.87. The molecule has 2 aromatic carbocycles. The Morgan fingerprint density at radius 2 is 1.64 bits per heavy atom. The van der Waals surface area contributed by atoms with Gasteiger partial charge in [0.05, 0.1) is 5.69 Å². The SMILES string of the molecule is OC1(c2ccccc2)CCCc2[nH]nc(-c3ccccc3)c21. The van der Waals surface area contributed by atoms with Crippen LogP contribution >= 0.6 is 0 Å². The van der Waals surface area contributed by atoms with Gasteiger partial charge in [-0.3, -0.25) is 5.10 Å². The van der Waals surface area contributed by atoms with Gasteiger partial charge in [0, 0.05) is 16.8 Å². The van der Waals surface area contributed by atoms with Crippen LogP contribution in [0.1, 0.15) is 29.7 Å². The number of benzene rings is 2. The van der Waals surface area contributed by atoms with Gasteiger partial charge in [-0.05, 0) is 24.8 Å². The number of H-pyrrole nitrogens is 1. The van der Waals surface area contributed by atoms with Crippen LogP contribution in [0.5, 0.6) is 0 Å². The Labute approximate surface area is 129 Å². The number of nitrogens with one attached hydrogen (secondary N) is 1. The first-order valence-electron chi connectivity index (χ1n) is 7.70. The third-order valence-electron chi connectivity index (χ3n) is 4.52. The third kappa shape index (κ3) is 1.97. The molecule has 0 radical (unpaired) electrons. The minimum absolute atomic E-state index is 0.726. The molecule has 2 N–H and O–H groups in total. The minimum Gasteiger partial charge on any atom is -0.380 e. The Kier molecular flexibility index (Phi) is 3.09. The normalized spacial score (nSPS) is 20.6. The van der Waals surface area contributed by atoms with Crippen LogP contribution in [-0.2, 0) is 12.0 Å². The van der Waals surface area contributed by atoms with E-state index in [-0.39, 0.29) is 0 Å². The van der Waals surface area contributed by atoms with E-state index in [9.17, 15) is 5.11 Å². The lowest BCUT2D eigenvalue weighted by atomic mass is 9.76. The molecule has 0 fully saturated rings. The molecule has 0 spiro atoms. The Balaban J connectivity index is 1.93. The molecule has 3 nitrogen and oxygen atoms in total. The molecule has 0 amide bonds. The van der Waals surface area contributed by atoms with Crippen LogP contribution in [0.25, 0.3) is 11.3 Å². The zero-order chi connectivity index (χ0) is 15.0. The minimum atomic E-state index is -0.965. The van der Waals surface area contributed by atoms with Crippen LogP contribution in [0.2, 0.25) is 0 Å². The number of hydrogen-bond acceptors (Lipinski definition) is 2. The molecule has 22 heavy (non-hydrogen) atoms. The van der Waals surface area contributed by atoms with Crippen molar-refractivity contribution >= 4 is 0 Å². The van der Waals surface area contributed by atoms with Crippen LogP contribution in [0.15, 0.2) is 60.7 Å². The highest BCUT2D eigenvalue weighted by Crippen LogP contribution is 2.44. The van der Waals surface area contributed by atoms with Gasteiger partial charge < -0.3 is 5.11 Å². The van der Waals surface area contributed by atoms with Gasteiger partial charge in [0.15, 0.2) is 0 Å². The molecular formula is C19H18N2O. The van der Waals surface area contributed by atoms with E-state index in [1.54, 1.807) is 0 Å². The lowest BCUT2D eigenvalue weighted by Gasteiger charge is -2.33. The number of aliphatic hydroxyl groups is 1. The molecule has 0 aliphatic heterocycles. The standard InChI is InChI=1S/C19H18N2O/c22-19(15-10-5-2-6-11-15)13-7-12-16-17(19)18(21-20-16)14-8-3-1-4-9-14/h1-6,8-11,22H,7,12-13H2,(H,20,21). The first-order valence-corrected chi connectivity index (χ1v) is 7.70. The van der Waals surface area contributed by atoms with Crippen LogP contribution in [0.4, 0.5) is 0 Å². The maximum absolute atomic E-state index is 11.5. The van der Waals surface area contributed by atoms with Crippen molar-refractivity contribution in [3.8, 4) is 11.3 Å². The lowest BCUT2D eigenvalue weighted by Crippen LogP contribution is -2.31. The number of rotatable bonds is 2. The second kappa shape index (κ2) is 5.11. The molecule has 1 aromatic heterocycles. The molecule has 1 unspecified atom stereocenters. The summed E-state index contributed by atoms with van der Waals surface area (Å²) in [4.78, 5) is 0. The summed E-state index contributed by atoms with van der Waals surface area (Å²) in [5.74, 6) is 0. The summed E-state index contributed by atoms with van der Waals surface area (Å²) in [6.07, 6.45) is 2.61. The van der Waals surface area contributed by atoms with Crippen molar-refractivity contribution in [1.82, 2.24) is 10.2 Å². The maximum Gasteiger partial charge on any atom is 0.119 e. The van der Waals surface area contributed by atoms with Gasteiger partial charge in [-0.2, -0.15) is 5.10 Å². The van der Waals surface area contributed by atoms with E-state index in [1.165, 1.54) is 0 Å². The Morgan fingerprint density at radius 1 is 0.955 bits per heavy atom. The van der Waals surface area contributed by atoms with Gasteiger partial charge in [-0.25, -0.2) is 0 Å². The van der Waals surface area contributed by atoms with E-state index in [1.807, 2.05) is 60.7 Å². The molecule has 3 heteroatoms. The summed E-state index contributed by atoms with van der Waals surface area (Å²) in [6, 6.07) is 20.0. The zero-order valence-electron chi connectivity index (χ0n) is 12.3. The number of nitrogens with zero attached hydrogens (tertiary/aromatic N) is 1. The molecule has 1 aliphatic rings. The number of hydrogen-bond donors (Lipinski definition) is 2. The Morgan fingerprint density at radius 3 is 2.36 bits per heavy atom. The summed E-state index contributed by atoms with van der Waals surface area (Å²) in [7, 11) is 0. The fourth-order valence-corrected chi connectivity index (χ4v) is 3.46. The van der Waals surface area contributed by atoms with Crippen molar-refractivity contribution in [2.45, 2.75) is 24.9 Å². The molecule has 0 saturated carbocycles. The van der Waals surface area contributed by atoms with Crippen molar-refractivity contribution in [3.05, 3.63) is 77.5 Å². The number of aryl methyl sites for hydroxylation is 1. The van der Waals surface area contributed by atoms with Crippen LogP contribution in [0.3, 0.4) is 0 Å². The molecule has 0 bridgehead atoms. The fourth-order valence-electron chi connectivity index (χ4n) is 3.46. The van der Waals surface area contributed by atoms with Crippen molar-refractivity contribution in [1.29, 1.82) is 0 Å². The lowest BCUT2D eigenvalue weighted by molar-refractivity contribution is 0.0621. The van der Waals surface area contributed by atoms with Gasteiger partial charge in [-0.15, -0.1) is 0 Å². The third-order valence-corrected chi connectivity index (χ3v) is 4.52. The smallest absolute Gasteiger partial charge is 0.119 e. The van der Waals surface area contributed by atoms with Crippen molar-refractivity contribution in [2.75, 3.05) is 0 Å². The van der Waals surface area contributed by atoms with E-state index < -0.39 is 5.60 Å². The van der Waals surface area contributed by atoms with Crippen LogP contribution in [0, 0.1) is 0 Å². The van der Waals surface area contributed by atoms with Crippen LogP contribution in [-0.4, -0.2) is 15.3 Å². The van der Waals surface area contributed by atoms with Gasteiger partial charge in [0.2, 0.25) is 0 Å².